The molecule has 3 amide bonds. The van der Waals surface area contributed by atoms with Crippen LogP contribution in [-0.2, 0) is 9.59 Å². The van der Waals surface area contributed by atoms with Gasteiger partial charge in [0.1, 0.15) is 6.04 Å². The Bertz CT molecular complexity index is 794. The van der Waals surface area contributed by atoms with Crippen LogP contribution in [0.3, 0.4) is 0 Å². The minimum absolute atomic E-state index is 0.00210. The average molecular weight is 356 g/mol. The summed E-state index contributed by atoms with van der Waals surface area (Å²) in [7, 11) is 0. The number of imide groups is 1. The van der Waals surface area contributed by atoms with E-state index in [1.807, 2.05) is 32.2 Å². The molecule has 1 aliphatic heterocycles. The second-order valence-electron chi connectivity index (χ2n) is 6.95. The average Bonchev–Trinajstić information content (AvgIpc) is 3.16. The molecule has 25 heavy (non-hydrogen) atoms. The molecule has 2 heterocycles. The van der Waals surface area contributed by atoms with Gasteiger partial charge in [0.05, 0.1) is 17.0 Å². The first-order chi connectivity index (χ1) is 11.8. The third kappa shape index (κ3) is 3.22. The fraction of sp³-hybridized carbons (Fsp3) is 0.316. The van der Waals surface area contributed by atoms with Crippen LogP contribution in [0.1, 0.15) is 36.9 Å². The summed E-state index contributed by atoms with van der Waals surface area (Å²) in [6.07, 6.45) is 0.00210. The van der Waals surface area contributed by atoms with Crippen molar-refractivity contribution in [2.75, 3.05) is 4.90 Å². The number of benzene rings is 1. The van der Waals surface area contributed by atoms with Crippen molar-refractivity contribution in [1.82, 2.24) is 4.90 Å². The zero-order valence-corrected chi connectivity index (χ0v) is 15.2. The molecule has 5 nitrogen and oxygen atoms in total. The second-order valence-corrected chi connectivity index (χ2v) is 7.89. The predicted octanol–water partition coefficient (Wildman–Crippen LogP) is 3.32. The number of hydrogen-bond donors (Lipinski definition) is 0. The summed E-state index contributed by atoms with van der Waals surface area (Å²) in [5.41, 5.74) is -0.0496. The van der Waals surface area contributed by atoms with Crippen molar-refractivity contribution in [3.63, 3.8) is 0 Å². The summed E-state index contributed by atoms with van der Waals surface area (Å²) >= 11 is 1.33. The van der Waals surface area contributed by atoms with E-state index in [2.05, 4.69) is 0 Å². The molecule has 6 heteroatoms. The largest absolute Gasteiger partial charge is 0.321 e. The molecule has 1 aromatic heterocycles. The van der Waals surface area contributed by atoms with Gasteiger partial charge >= 0.3 is 0 Å². The van der Waals surface area contributed by atoms with Gasteiger partial charge in [-0.2, -0.15) is 0 Å². The standard InChI is InChI=1S/C19H20N2O3S/c1-19(2,3)21(18(24)15-10-7-11-25-15)14-12-16(22)20(17(14)23)13-8-5-4-6-9-13/h4-11,14H,12H2,1-3H3. The summed E-state index contributed by atoms with van der Waals surface area (Å²) in [5, 5.41) is 1.83. The van der Waals surface area contributed by atoms with Crippen LogP contribution in [0, 0.1) is 0 Å². The van der Waals surface area contributed by atoms with Crippen molar-refractivity contribution in [2.45, 2.75) is 38.8 Å². The molecule has 0 saturated carbocycles. The van der Waals surface area contributed by atoms with Crippen LogP contribution >= 0.6 is 11.3 Å². The first-order valence-electron chi connectivity index (χ1n) is 8.09. The van der Waals surface area contributed by atoms with Crippen LogP contribution < -0.4 is 4.90 Å². The van der Waals surface area contributed by atoms with Crippen LogP contribution in [0.2, 0.25) is 0 Å². The van der Waals surface area contributed by atoms with Crippen LogP contribution in [-0.4, -0.2) is 34.2 Å². The lowest BCUT2D eigenvalue weighted by molar-refractivity contribution is -0.123. The number of carbonyl (C=O) groups excluding carboxylic acids is 3. The molecule has 0 radical (unpaired) electrons. The summed E-state index contributed by atoms with van der Waals surface area (Å²) in [4.78, 5) is 41.8. The minimum Gasteiger partial charge on any atom is -0.321 e. The van der Waals surface area contributed by atoms with Crippen LogP contribution in [0.15, 0.2) is 47.8 Å². The highest BCUT2D eigenvalue weighted by Crippen LogP contribution is 2.31. The number of thiophene rings is 1. The number of nitrogens with zero attached hydrogens (tertiary/aromatic N) is 2. The molecule has 3 rings (SSSR count). The number of anilines is 1. The Balaban J connectivity index is 1.96. The molecule has 0 aliphatic carbocycles. The molecule has 1 atom stereocenters. The van der Waals surface area contributed by atoms with Gasteiger partial charge in [-0.15, -0.1) is 11.3 Å². The van der Waals surface area contributed by atoms with Gasteiger partial charge < -0.3 is 4.90 Å². The maximum absolute atomic E-state index is 13.0. The summed E-state index contributed by atoms with van der Waals surface area (Å²) < 4.78 is 0. The Morgan fingerprint density at radius 3 is 2.36 bits per heavy atom. The molecular weight excluding hydrogens is 336 g/mol. The highest BCUT2D eigenvalue weighted by molar-refractivity contribution is 7.12. The smallest absolute Gasteiger partial charge is 0.265 e. The quantitative estimate of drug-likeness (QED) is 0.793. The van der Waals surface area contributed by atoms with Crippen LogP contribution in [0.25, 0.3) is 0 Å². The number of amides is 3. The summed E-state index contributed by atoms with van der Waals surface area (Å²) in [6, 6.07) is 11.6. The molecule has 0 bridgehead atoms. The molecule has 1 aliphatic rings. The SMILES string of the molecule is CC(C)(C)N(C(=O)c1cccs1)C1CC(=O)N(c2ccccc2)C1=O. The van der Waals surface area contributed by atoms with E-state index in [4.69, 9.17) is 0 Å². The van der Waals surface area contributed by atoms with E-state index in [0.29, 0.717) is 10.6 Å². The number of rotatable bonds is 3. The van der Waals surface area contributed by atoms with Gasteiger partial charge in [-0.05, 0) is 44.4 Å². The topological polar surface area (TPSA) is 57.7 Å². The summed E-state index contributed by atoms with van der Waals surface area (Å²) in [6.45, 7) is 5.63. The molecule has 1 aromatic carbocycles. The summed E-state index contributed by atoms with van der Waals surface area (Å²) in [5.74, 6) is -0.853. The van der Waals surface area contributed by atoms with E-state index in [1.54, 1.807) is 41.3 Å². The van der Waals surface area contributed by atoms with E-state index in [1.165, 1.54) is 16.2 Å². The van der Waals surface area contributed by atoms with Crippen molar-refractivity contribution in [1.29, 1.82) is 0 Å². The molecule has 1 unspecified atom stereocenters. The Kier molecular flexibility index (Phi) is 4.47. The first-order valence-corrected chi connectivity index (χ1v) is 8.97. The fourth-order valence-corrected chi connectivity index (χ4v) is 3.76. The molecule has 1 fully saturated rings. The molecule has 2 aromatic rings. The van der Waals surface area contributed by atoms with Crippen molar-refractivity contribution in [2.24, 2.45) is 0 Å². The zero-order valence-electron chi connectivity index (χ0n) is 14.4. The first kappa shape index (κ1) is 17.4. The molecule has 1 saturated heterocycles. The highest BCUT2D eigenvalue weighted by atomic mass is 32.1. The van der Waals surface area contributed by atoms with Crippen molar-refractivity contribution in [3.05, 3.63) is 52.7 Å². The Morgan fingerprint density at radius 1 is 1.12 bits per heavy atom. The Labute approximate surface area is 150 Å². The van der Waals surface area contributed by atoms with Gasteiger partial charge in [0, 0.05) is 5.54 Å². The van der Waals surface area contributed by atoms with Gasteiger partial charge in [-0.3, -0.25) is 14.4 Å². The molecule has 0 N–H and O–H groups in total. The fourth-order valence-electron chi connectivity index (χ4n) is 3.10. The van der Waals surface area contributed by atoms with Gasteiger partial charge in [0.25, 0.3) is 11.8 Å². The van der Waals surface area contributed by atoms with Gasteiger partial charge in [0.2, 0.25) is 5.91 Å². The van der Waals surface area contributed by atoms with E-state index in [-0.39, 0.29) is 24.1 Å². The maximum atomic E-state index is 13.0. The van der Waals surface area contributed by atoms with Gasteiger partial charge in [-0.1, -0.05) is 24.3 Å². The van der Waals surface area contributed by atoms with Crippen molar-refractivity contribution in [3.8, 4) is 0 Å². The molecule has 0 spiro atoms. The van der Waals surface area contributed by atoms with E-state index in [9.17, 15) is 14.4 Å². The lowest BCUT2D eigenvalue weighted by Gasteiger charge is -2.38. The Morgan fingerprint density at radius 2 is 1.80 bits per heavy atom. The molecular formula is C19H20N2O3S. The lowest BCUT2D eigenvalue weighted by Crippen LogP contribution is -2.54. The van der Waals surface area contributed by atoms with Gasteiger partial charge in [-0.25, -0.2) is 4.90 Å². The number of hydrogen-bond acceptors (Lipinski definition) is 4. The van der Waals surface area contributed by atoms with E-state index >= 15 is 0 Å². The maximum Gasteiger partial charge on any atom is 0.265 e. The van der Waals surface area contributed by atoms with E-state index < -0.39 is 11.6 Å². The second kappa shape index (κ2) is 6.44. The molecule has 130 valence electrons. The monoisotopic (exact) mass is 356 g/mol. The van der Waals surface area contributed by atoms with E-state index in [0.717, 1.165) is 0 Å². The van der Waals surface area contributed by atoms with Crippen molar-refractivity contribution < 1.29 is 14.4 Å². The normalized spacial score (nSPS) is 17.9. The Hall–Kier alpha value is -2.47. The predicted molar refractivity (Wildman–Crippen MR) is 97.6 cm³/mol. The number of para-hydroxylation sites is 1. The number of carbonyl (C=O) groups is 3. The van der Waals surface area contributed by atoms with Crippen molar-refractivity contribution >= 4 is 34.7 Å². The van der Waals surface area contributed by atoms with Gasteiger partial charge in [0.15, 0.2) is 0 Å². The highest BCUT2D eigenvalue weighted by Gasteiger charge is 2.47. The third-order valence-electron chi connectivity index (χ3n) is 4.12. The zero-order chi connectivity index (χ0) is 18.2. The minimum atomic E-state index is -0.790. The van der Waals surface area contributed by atoms with Crippen LogP contribution in [0.4, 0.5) is 5.69 Å². The third-order valence-corrected chi connectivity index (χ3v) is 4.98. The van der Waals surface area contributed by atoms with Crippen LogP contribution in [0.5, 0.6) is 0 Å². The lowest BCUT2D eigenvalue weighted by atomic mass is 10.0.